The highest BCUT2D eigenvalue weighted by atomic mass is 79.9. The van der Waals surface area contributed by atoms with Crippen LogP contribution in [0.3, 0.4) is 0 Å². The largest absolute Gasteiger partial charge is 0.506 e. The smallest absolute Gasteiger partial charge is 0.216 e. The van der Waals surface area contributed by atoms with E-state index < -0.39 is 0 Å². The third-order valence-corrected chi connectivity index (χ3v) is 4.11. The van der Waals surface area contributed by atoms with Gasteiger partial charge in [-0.25, -0.2) is 0 Å². The Morgan fingerprint density at radius 3 is 2.25 bits per heavy atom. The topological polar surface area (TPSA) is 37.3 Å². The number of carbonyl (C=O) groups is 1. The van der Waals surface area contributed by atoms with Gasteiger partial charge in [0.05, 0.1) is 8.95 Å². The predicted octanol–water partition coefficient (Wildman–Crippen LogP) is 5.16. The molecule has 0 aliphatic carbocycles. The van der Waals surface area contributed by atoms with E-state index in [0.29, 0.717) is 14.5 Å². The molecule has 0 radical (unpaired) electrons. The molecule has 2 aromatic carbocycles. The average Bonchev–Trinajstić information content (AvgIpc) is 2.42. The van der Waals surface area contributed by atoms with Crippen LogP contribution in [0, 0.1) is 0 Å². The fourth-order valence-electron chi connectivity index (χ4n) is 1.65. The van der Waals surface area contributed by atoms with Crippen LogP contribution < -0.4 is 0 Å². The number of hydrogen-bond donors (Lipinski definition) is 2. The second-order valence-corrected chi connectivity index (χ2v) is 6.21. The number of phenolic OH excluding ortho intramolecular Hbond substituents is 1. The monoisotopic (exact) mass is 412 g/mol. The third-order valence-electron chi connectivity index (χ3n) is 2.64. The van der Waals surface area contributed by atoms with Gasteiger partial charge < -0.3 is 5.11 Å². The van der Waals surface area contributed by atoms with Crippen molar-refractivity contribution in [2.45, 2.75) is 0 Å². The number of aromatic hydroxyl groups is 1. The Balaban J connectivity index is 2.30. The molecule has 0 unspecified atom stereocenters. The Morgan fingerprint density at radius 2 is 1.65 bits per heavy atom. The molecule has 0 spiro atoms. The number of rotatable bonds is 3. The van der Waals surface area contributed by atoms with Gasteiger partial charge in [-0.15, -0.1) is 12.6 Å². The molecular formula is C15H10Br2O2S. The minimum Gasteiger partial charge on any atom is -0.506 e. The summed E-state index contributed by atoms with van der Waals surface area (Å²) in [5.74, 6) is 0.171. The normalized spacial score (nSPS) is 10.9. The molecule has 0 saturated heterocycles. The minimum atomic E-state index is -0.254. The maximum atomic E-state index is 11.2. The fourth-order valence-corrected chi connectivity index (χ4v) is 3.01. The summed E-state index contributed by atoms with van der Waals surface area (Å²) in [5.41, 5.74) is 2.39. The lowest BCUT2D eigenvalue weighted by Gasteiger charge is -2.02. The lowest BCUT2D eigenvalue weighted by molar-refractivity contribution is 0.109. The summed E-state index contributed by atoms with van der Waals surface area (Å²) in [5, 5.41) is 9.40. The van der Waals surface area contributed by atoms with Gasteiger partial charge in [0, 0.05) is 5.56 Å². The van der Waals surface area contributed by atoms with Crippen molar-refractivity contribution in [2.24, 2.45) is 0 Å². The number of hydrogen-bond acceptors (Lipinski definition) is 2. The van der Waals surface area contributed by atoms with E-state index in [1.165, 1.54) is 0 Å². The first-order valence-corrected chi connectivity index (χ1v) is 7.70. The van der Waals surface area contributed by atoms with Gasteiger partial charge in [-0.1, -0.05) is 30.4 Å². The summed E-state index contributed by atoms with van der Waals surface area (Å²) in [6, 6.07) is 10.8. The van der Waals surface area contributed by atoms with Gasteiger partial charge in [-0.3, -0.25) is 4.79 Å². The van der Waals surface area contributed by atoms with Crippen LogP contribution in [-0.2, 0) is 0 Å². The van der Waals surface area contributed by atoms with Crippen LogP contribution in [0.1, 0.15) is 21.5 Å². The first-order valence-electron chi connectivity index (χ1n) is 5.67. The zero-order valence-corrected chi connectivity index (χ0v) is 14.2. The highest BCUT2D eigenvalue weighted by Crippen LogP contribution is 2.33. The Bertz CT molecular complexity index is 673. The molecule has 0 amide bonds. The highest BCUT2D eigenvalue weighted by Gasteiger charge is 2.04. The molecule has 0 aromatic heterocycles. The van der Waals surface area contributed by atoms with Crippen molar-refractivity contribution in [1.82, 2.24) is 0 Å². The molecule has 20 heavy (non-hydrogen) atoms. The standard InChI is InChI=1S/C15H10Br2O2S/c16-12-7-10(8-13(17)14(12)18)5-4-9-2-1-3-11(6-9)15(19)20/h1-8,18H,(H,19,20). The van der Waals surface area contributed by atoms with Crippen molar-refractivity contribution in [3.05, 3.63) is 62.0 Å². The van der Waals surface area contributed by atoms with Crippen molar-refractivity contribution in [3.63, 3.8) is 0 Å². The summed E-state index contributed by atoms with van der Waals surface area (Å²) < 4.78 is 1.23. The molecule has 102 valence electrons. The van der Waals surface area contributed by atoms with Crippen molar-refractivity contribution in [3.8, 4) is 5.75 Å². The molecule has 2 rings (SSSR count). The Kier molecular flexibility index (Phi) is 5.07. The van der Waals surface area contributed by atoms with Crippen molar-refractivity contribution in [1.29, 1.82) is 0 Å². The van der Waals surface area contributed by atoms with Crippen LogP contribution in [0.2, 0.25) is 0 Å². The van der Waals surface area contributed by atoms with Crippen molar-refractivity contribution < 1.29 is 9.90 Å². The maximum Gasteiger partial charge on any atom is 0.216 e. The molecule has 5 heteroatoms. The molecule has 1 N–H and O–H groups in total. The molecule has 0 bridgehead atoms. The Morgan fingerprint density at radius 1 is 1.05 bits per heavy atom. The van der Waals surface area contributed by atoms with E-state index in [2.05, 4.69) is 44.5 Å². The van der Waals surface area contributed by atoms with E-state index in [-0.39, 0.29) is 10.9 Å². The van der Waals surface area contributed by atoms with E-state index in [4.69, 9.17) is 0 Å². The van der Waals surface area contributed by atoms with E-state index in [1.54, 1.807) is 12.1 Å². The zero-order chi connectivity index (χ0) is 14.7. The molecule has 0 saturated carbocycles. The van der Waals surface area contributed by atoms with E-state index in [0.717, 1.165) is 11.1 Å². The number of benzene rings is 2. The second kappa shape index (κ2) is 6.61. The van der Waals surface area contributed by atoms with Gasteiger partial charge in [-0.2, -0.15) is 0 Å². The minimum absolute atomic E-state index is 0.171. The number of thiol groups is 1. The molecule has 0 atom stereocenters. The van der Waals surface area contributed by atoms with Crippen LogP contribution in [0.4, 0.5) is 0 Å². The average molecular weight is 414 g/mol. The number of halogens is 2. The molecule has 0 aliphatic rings. The van der Waals surface area contributed by atoms with Gasteiger partial charge in [-0.05, 0) is 61.2 Å². The summed E-state index contributed by atoms with van der Waals surface area (Å²) in [7, 11) is 0. The molecule has 0 fully saturated rings. The molecule has 0 aliphatic heterocycles. The van der Waals surface area contributed by atoms with E-state index in [1.807, 2.05) is 36.4 Å². The lowest BCUT2D eigenvalue weighted by atomic mass is 10.1. The van der Waals surface area contributed by atoms with Gasteiger partial charge in [0.2, 0.25) is 5.12 Å². The lowest BCUT2D eigenvalue weighted by Crippen LogP contribution is -1.88. The van der Waals surface area contributed by atoms with E-state index >= 15 is 0 Å². The van der Waals surface area contributed by atoms with Crippen LogP contribution in [0.15, 0.2) is 45.3 Å². The summed E-state index contributed by atoms with van der Waals surface area (Å²) in [4.78, 5) is 11.2. The van der Waals surface area contributed by atoms with Crippen LogP contribution in [-0.4, -0.2) is 10.2 Å². The predicted molar refractivity (Wildman–Crippen MR) is 92.2 cm³/mol. The number of carbonyl (C=O) groups excluding carboxylic acids is 1. The molecule has 0 heterocycles. The van der Waals surface area contributed by atoms with Crippen molar-refractivity contribution in [2.75, 3.05) is 0 Å². The van der Waals surface area contributed by atoms with E-state index in [9.17, 15) is 9.90 Å². The molecule has 2 aromatic rings. The van der Waals surface area contributed by atoms with Gasteiger partial charge in [0.25, 0.3) is 0 Å². The second-order valence-electron chi connectivity index (χ2n) is 4.10. The maximum absolute atomic E-state index is 11.2. The third kappa shape index (κ3) is 3.75. The van der Waals surface area contributed by atoms with Gasteiger partial charge in [0.15, 0.2) is 0 Å². The summed E-state index contributed by atoms with van der Waals surface area (Å²) >= 11 is 10.4. The Labute approximate surface area is 139 Å². The van der Waals surface area contributed by atoms with Crippen LogP contribution in [0.25, 0.3) is 12.2 Å². The first-order chi connectivity index (χ1) is 9.47. The molecular weight excluding hydrogens is 404 g/mol. The van der Waals surface area contributed by atoms with Gasteiger partial charge >= 0.3 is 0 Å². The first kappa shape index (κ1) is 15.4. The molecule has 2 nitrogen and oxygen atoms in total. The quantitative estimate of drug-likeness (QED) is 0.538. The Hall–Kier alpha value is -1.04. The SMILES string of the molecule is O=C(S)c1cccc(C=Cc2cc(Br)c(O)c(Br)c2)c1. The highest BCUT2D eigenvalue weighted by molar-refractivity contribution is 9.11. The summed E-state index contributed by atoms with van der Waals surface area (Å²) in [6.45, 7) is 0. The van der Waals surface area contributed by atoms with Crippen molar-refractivity contribution >= 4 is 61.8 Å². The van der Waals surface area contributed by atoms with Crippen LogP contribution in [0.5, 0.6) is 5.75 Å². The van der Waals surface area contributed by atoms with Gasteiger partial charge in [0.1, 0.15) is 5.75 Å². The summed E-state index contributed by atoms with van der Waals surface area (Å²) in [6.07, 6.45) is 3.79. The fraction of sp³-hybridized carbons (Fsp3) is 0. The number of phenols is 1. The zero-order valence-electron chi connectivity index (χ0n) is 10.2. The van der Waals surface area contributed by atoms with Crippen LogP contribution >= 0.6 is 44.5 Å².